The molecular formula is C20H35IN4O3. The highest BCUT2D eigenvalue weighted by Gasteiger charge is 2.16. The van der Waals surface area contributed by atoms with E-state index in [1.54, 1.807) is 21.3 Å². The van der Waals surface area contributed by atoms with Gasteiger partial charge in [-0.2, -0.15) is 0 Å². The minimum Gasteiger partial charge on any atom is -0.497 e. The van der Waals surface area contributed by atoms with Crippen LogP contribution in [0.4, 0.5) is 0 Å². The Morgan fingerprint density at radius 3 is 2.54 bits per heavy atom. The van der Waals surface area contributed by atoms with Crippen LogP contribution in [-0.4, -0.2) is 71.5 Å². The molecule has 28 heavy (non-hydrogen) atoms. The van der Waals surface area contributed by atoms with Gasteiger partial charge in [-0.25, -0.2) is 0 Å². The molecule has 160 valence electrons. The second-order valence-corrected chi connectivity index (χ2v) is 6.95. The molecule has 2 rings (SSSR count). The summed E-state index contributed by atoms with van der Waals surface area (Å²) in [4.78, 5) is 6.81. The van der Waals surface area contributed by atoms with Gasteiger partial charge in [-0.15, -0.1) is 24.0 Å². The first-order valence-electron chi connectivity index (χ1n) is 9.56. The Bertz CT molecular complexity index is 609. The van der Waals surface area contributed by atoms with Gasteiger partial charge in [0.2, 0.25) is 0 Å². The zero-order chi connectivity index (χ0) is 19.6. The third-order valence-corrected chi connectivity index (χ3v) is 4.77. The Balaban J connectivity index is 0.00000392. The summed E-state index contributed by atoms with van der Waals surface area (Å²) in [7, 11) is 5.13. The lowest BCUT2D eigenvalue weighted by Gasteiger charge is -2.29. The van der Waals surface area contributed by atoms with E-state index in [0.717, 1.165) is 62.4 Å². The zero-order valence-electron chi connectivity index (χ0n) is 17.7. The molecule has 1 aliphatic rings. The molecule has 1 heterocycles. The van der Waals surface area contributed by atoms with E-state index in [1.165, 1.54) is 0 Å². The second-order valence-electron chi connectivity index (χ2n) is 6.95. The molecule has 2 atom stereocenters. The van der Waals surface area contributed by atoms with Crippen LogP contribution in [0.1, 0.15) is 25.5 Å². The molecule has 0 radical (unpaired) electrons. The van der Waals surface area contributed by atoms with Crippen LogP contribution in [0.3, 0.4) is 0 Å². The second kappa shape index (κ2) is 13.1. The van der Waals surface area contributed by atoms with E-state index in [9.17, 15) is 0 Å². The van der Waals surface area contributed by atoms with Crippen molar-refractivity contribution in [3.05, 3.63) is 23.8 Å². The quantitative estimate of drug-likeness (QED) is 0.321. The van der Waals surface area contributed by atoms with Crippen molar-refractivity contribution < 1.29 is 14.2 Å². The van der Waals surface area contributed by atoms with Crippen molar-refractivity contribution in [1.29, 1.82) is 0 Å². The first-order valence-corrected chi connectivity index (χ1v) is 9.56. The number of benzene rings is 1. The number of methoxy groups -OCH3 is 2. The van der Waals surface area contributed by atoms with Crippen molar-refractivity contribution in [1.82, 2.24) is 15.5 Å². The Labute approximate surface area is 186 Å². The van der Waals surface area contributed by atoms with Gasteiger partial charge in [0.15, 0.2) is 5.96 Å². The summed E-state index contributed by atoms with van der Waals surface area (Å²) >= 11 is 0. The van der Waals surface area contributed by atoms with Gasteiger partial charge in [-0.1, -0.05) is 6.92 Å². The normalized spacial score (nSPS) is 17.2. The molecule has 0 aliphatic carbocycles. The van der Waals surface area contributed by atoms with Crippen molar-refractivity contribution >= 4 is 29.9 Å². The smallest absolute Gasteiger partial charge is 0.191 e. The number of nitrogens with one attached hydrogen (secondary N) is 2. The average molecular weight is 506 g/mol. The Hall–Kier alpha value is -1.26. The van der Waals surface area contributed by atoms with Crippen molar-refractivity contribution in [3.8, 4) is 11.5 Å². The first kappa shape index (κ1) is 24.8. The molecule has 0 saturated carbocycles. The third-order valence-electron chi connectivity index (χ3n) is 4.77. The van der Waals surface area contributed by atoms with E-state index in [2.05, 4.69) is 34.4 Å². The highest BCUT2D eigenvalue weighted by Crippen LogP contribution is 2.29. The summed E-state index contributed by atoms with van der Waals surface area (Å²) in [5.41, 5.74) is 1.03. The maximum atomic E-state index is 5.49. The van der Waals surface area contributed by atoms with E-state index in [1.807, 2.05) is 18.2 Å². The molecule has 2 unspecified atom stereocenters. The number of morpholine rings is 1. The minimum absolute atomic E-state index is 0. The number of hydrogen-bond acceptors (Lipinski definition) is 5. The molecule has 1 aromatic rings. The fourth-order valence-corrected chi connectivity index (χ4v) is 3.22. The fraction of sp³-hybridized carbons (Fsp3) is 0.650. The Morgan fingerprint density at radius 1 is 1.21 bits per heavy atom. The lowest BCUT2D eigenvalue weighted by atomic mass is 10.1. The van der Waals surface area contributed by atoms with Gasteiger partial charge in [0.25, 0.3) is 0 Å². The SMILES string of the molecule is CN=C(NCC(C)CN1CCOCC1)NC(C)c1cc(OC)ccc1OC.I. The molecule has 0 aromatic heterocycles. The summed E-state index contributed by atoms with van der Waals surface area (Å²) in [5.74, 6) is 2.93. The molecule has 7 nitrogen and oxygen atoms in total. The van der Waals surface area contributed by atoms with Crippen molar-refractivity contribution in [2.45, 2.75) is 19.9 Å². The van der Waals surface area contributed by atoms with E-state index < -0.39 is 0 Å². The van der Waals surface area contributed by atoms with Crippen LogP contribution in [0.15, 0.2) is 23.2 Å². The molecule has 1 aliphatic heterocycles. The molecule has 8 heteroatoms. The molecule has 1 fully saturated rings. The molecule has 2 N–H and O–H groups in total. The van der Waals surface area contributed by atoms with Crippen LogP contribution in [-0.2, 0) is 4.74 Å². The largest absolute Gasteiger partial charge is 0.497 e. The Morgan fingerprint density at radius 2 is 1.93 bits per heavy atom. The highest BCUT2D eigenvalue weighted by atomic mass is 127. The number of aliphatic imine (C=N–C) groups is 1. The van der Waals surface area contributed by atoms with Gasteiger partial charge >= 0.3 is 0 Å². The van der Waals surface area contributed by atoms with Gasteiger partial charge in [0.05, 0.1) is 33.5 Å². The van der Waals surface area contributed by atoms with Crippen LogP contribution in [0.5, 0.6) is 11.5 Å². The van der Waals surface area contributed by atoms with Crippen LogP contribution < -0.4 is 20.1 Å². The zero-order valence-corrected chi connectivity index (χ0v) is 20.0. The van der Waals surface area contributed by atoms with E-state index in [-0.39, 0.29) is 30.0 Å². The van der Waals surface area contributed by atoms with E-state index >= 15 is 0 Å². The number of halogens is 1. The van der Waals surface area contributed by atoms with Crippen molar-refractivity contribution in [3.63, 3.8) is 0 Å². The molecule has 1 aromatic carbocycles. The predicted molar refractivity (Wildman–Crippen MR) is 124 cm³/mol. The van der Waals surface area contributed by atoms with Crippen molar-refractivity contribution in [2.24, 2.45) is 10.9 Å². The topological polar surface area (TPSA) is 67.4 Å². The van der Waals surface area contributed by atoms with Gasteiger partial charge < -0.3 is 24.8 Å². The highest BCUT2D eigenvalue weighted by molar-refractivity contribution is 14.0. The van der Waals surface area contributed by atoms with Crippen molar-refractivity contribution in [2.75, 3.05) is 60.7 Å². The lowest BCUT2D eigenvalue weighted by Crippen LogP contribution is -2.44. The average Bonchev–Trinajstić information content (AvgIpc) is 2.71. The number of guanidine groups is 1. The number of nitrogens with zero attached hydrogens (tertiary/aromatic N) is 2. The third kappa shape index (κ3) is 7.63. The summed E-state index contributed by atoms with van der Waals surface area (Å²) in [6, 6.07) is 5.84. The predicted octanol–water partition coefficient (Wildman–Crippen LogP) is 2.52. The van der Waals surface area contributed by atoms with Gasteiger partial charge in [-0.3, -0.25) is 9.89 Å². The number of rotatable bonds is 8. The summed E-state index contributed by atoms with van der Waals surface area (Å²) < 4.78 is 16.2. The standard InChI is InChI=1S/C20H34N4O3.HI/c1-15(14-24-8-10-27-11-9-24)13-22-20(21-3)23-16(2)18-12-17(25-4)6-7-19(18)26-5;/h6-7,12,15-16H,8-11,13-14H2,1-5H3,(H2,21,22,23);1H. The number of hydrogen-bond donors (Lipinski definition) is 2. The van der Waals surface area contributed by atoms with E-state index in [4.69, 9.17) is 14.2 Å². The fourth-order valence-electron chi connectivity index (χ4n) is 3.22. The Kier molecular flexibility index (Phi) is 11.6. The minimum atomic E-state index is 0. The molecule has 1 saturated heterocycles. The number of ether oxygens (including phenoxy) is 3. The van der Waals surface area contributed by atoms with E-state index in [0.29, 0.717) is 5.92 Å². The van der Waals surface area contributed by atoms with Gasteiger partial charge in [-0.05, 0) is 31.0 Å². The molecule has 0 bridgehead atoms. The maximum Gasteiger partial charge on any atom is 0.191 e. The maximum absolute atomic E-state index is 5.49. The summed E-state index contributed by atoms with van der Waals surface area (Å²) in [5, 5.41) is 6.87. The first-order chi connectivity index (χ1) is 13.1. The summed E-state index contributed by atoms with van der Waals surface area (Å²) in [6.07, 6.45) is 0. The van der Waals surface area contributed by atoms with Crippen LogP contribution >= 0.6 is 24.0 Å². The summed E-state index contributed by atoms with van der Waals surface area (Å²) in [6.45, 7) is 9.97. The molecular weight excluding hydrogens is 471 g/mol. The molecule has 0 amide bonds. The van der Waals surface area contributed by atoms with Gasteiger partial charge in [0.1, 0.15) is 11.5 Å². The van der Waals surface area contributed by atoms with Crippen LogP contribution in [0, 0.1) is 5.92 Å². The van der Waals surface area contributed by atoms with Crippen LogP contribution in [0.2, 0.25) is 0 Å². The monoisotopic (exact) mass is 506 g/mol. The molecule has 0 spiro atoms. The van der Waals surface area contributed by atoms with Gasteiger partial charge in [0, 0.05) is 38.8 Å². The lowest BCUT2D eigenvalue weighted by molar-refractivity contribution is 0.0320. The van der Waals surface area contributed by atoms with Crippen LogP contribution in [0.25, 0.3) is 0 Å².